The number of hydroxylamine groups is 2. The Morgan fingerprint density at radius 1 is 1.70 bits per heavy atom. The SMILES string of the molecule is CCC(=O)N(O)CC1CC1. The molecule has 0 bridgehead atoms. The molecule has 0 aliphatic heterocycles. The third-order valence-corrected chi connectivity index (χ3v) is 1.72. The Morgan fingerprint density at radius 3 is 2.70 bits per heavy atom. The summed E-state index contributed by atoms with van der Waals surface area (Å²) in [4.78, 5) is 10.8. The van der Waals surface area contributed by atoms with Gasteiger partial charge in [0.15, 0.2) is 0 Å². The number of rotatable bonds is 3. The van der Waals surface area contributed by atoms with E-state index in [0.29, 0.717) is 18.9 Å². The molecule has 1 amide bonds. The summed E-state index contributed by atoms with van der Waals surface area (Å²) in [5, 5.41) is 9.86. The Labute approximate surface area is 60.6 Å². The standard InChI is InChI=1S/C7H13NO2/c1-2-7(9)8(10)5-6-3-4-6/h6,10H,2-5H2,1H3. The van der Waals surface area contributed by atoms with Crippen LogP contribution >= 0.6 is 0 Å². The normalized spacial score (nSPS) is 17.0. The van der Waals surface area contributed by atoms with Crippen LogP contribution in [0.5, 0.6) is 0 Å². The highest BCUT2D eigenvalue weighted by atomic mass is 16.5. The molecule has 0 radical (unpaired) electrons. The van der Waals surface area contributed by atoms with E-state index in [9.17, 15) is 4.79 Å². The van der Waals surface area contributed by atoms with Gasteiger partial charge in [0.25, 0.3) is 0 Å². The van der Waals surface area contributed by atoms with E-state index in [4.69, 9.17) is 5.21 Å². The molecule has 1 aliphatic carbocycles. The van der Waals surface area contributed by atoms with Crippen molar-refractivity contribution in [2.24, 2.45) is 5.92 Å². The van der Waals surface area contributed by atoms with E-state index in [1.807, 2.05) is 0 Å². The van der Waals surface area contributed by atoms with Crippen molar-refractivity contribution in [3.05, 3.63) is 0 Å². The fourth-order valence-electron chi connectivity index (χ4n) is 0.829. The van der Waals surface area contributed by atoms with Crippen molar-refractivity contribution in [3.8, 4) is 0 Å². The van der Waals surface area contributed by atoms with Crippen LogP contribution in [-0.2, 0) is 4.79 Å². The fourth-order valence-corrected chi connectivity index (χ4v) is 0.829. The summed E-state index contributed by atoms with van der Waals surface area (Å²) in [5.74, 6) is 0.396. The summed E-state index contributed by atoms with van der Waals surface area (Å²) >= 11 is 0. The molecule has 0 heterocycles. The van der Waals surface area contributed by atoms with Gasteiger partial charge in [-0.25, -0.2) is 5.06 Å². The second kappa shape index (κ2) is 3.01. The molecule has 0 aromatic rings. The zero-order valence-electron chi connectivity index (χ0n) is 6.21. The van der Waals surface area contributed by atoms with E-state index in [2.05, 4.69) is 0 Å². The molecule has 58 valence electrons. The van der Waals surface area contributed by atoms with Gasteiger partial charge in [0.1, 0.15) is 0 Å². The average Bonchev–Trinajstić information content (AvgIpc) is 2.70. The van der Waals surface area contributed by atoms with E-state index in [1.165, 1.54) is 0 Å². The van der Waals surface area contributed by atoms with Gasteiger partial charge in [0.05, 0.1) is 6.54 Å². The van der Waals surface area contributed by atoms with Crippen molar-refractivity contribution in [1.29, 1.82) is 0 Å². The predicted molar refractivity (Wildman–Crippen MR) is 36.5 cm³/mol. The van der Waals surface area contributed by atoms with Gasteiger partial charge in [-0.1, -0.05) is 6.92 Å². The minimum absolute atomic E-state index is 0.174. The molecule has 1 rings (SSSR count). The maximum atomic E-state index is 10.8. The zero-order valence-corrected chi connectivity index (χ0v) is 6.21. The number of amides is 1. The Bertz CT molecular complexity index is 132. The minimum Gasteiger partial charge on any atom is -0.286 e. The Hall–Kier alpha value is -0.570. The van der Waals surface area contributed by atoms with E-state index >= 15 is 0 Å². The first kappa shape index (κ1) is 7.54. The molecular formula is C7H13NO2. The third-order valence-electron chi connectivity index (χ3n) is 1.72. The van der Waals surface area contributed by atoms with Crippen molar-refractivity contribution < 1.29 is 10.0 Å². The van der Waals surface area contributed by atoms with Crippen LogP contribution in [0.2, 0.25) is 0 Å². The first-order valence-corrected chi connectivity index (χ1v) is 3.73. The van der Waals surface area contributed by atoms with Crippen LogP contribution in [-0.4, -0.2) is 22.7 Å². The average molecular weight is 143 g/mol. The molecule has 3 heteroatoms. The van der Waals surface area contributed by atoms with Gasteiger partial charge in [0, 0.05) is 6.42 Å². The summed E-state index contributed by atoms with van der Waals surface area (Å²) in [6.45, 7) is 2.28. The highest BCUT2D eigenvalue weighted by molar-refractivity contribution is 5.74. The smallest absolute Gasteiger partial charge is 0.245 e. The van der Waals surface area contributed by atoms with Crippen LogP contribution in [0, 0.1) is 5.92 Å². The van der Waals surface area contributed by atoms with Crippen LogP contribution in [0.3, 0.4) is 0 Å². The lowest BCUT2D eigenvalue weighted by Crippen LogP contribution is -2.28. The van der Waals surface area contributed by atoms with Gasteiger partial charge in [-0.2, -0.15) is 0 Å². The Balaban J connectivity index is 2.18. The maximum absolute atomic E-state index is 10.8. The van der Waals surface area contributed by atoms with Crippen LogP contribution in [0.25, 0.3) is 0 Å². The van der Waals surface area contributed by atoms with Crippen molar-refractivity contribution in [2.75, 3.05) is 6.54 Å². The maximum Gasteiger partial charge on any atom is 0.245 e. The van der Waals surface area contributed by atoms with Gasteiger partial charge in [0.2, 0.25) is 5.91 Å². The number of hydrogen-bond donors (Lipinski definition) is 1. The lowest BCUT2D eigenvalue weighted by molar-refractivity contribution is -0.165. The first-order chi connectivity index (χ1) is 4.74. The number of hydrogen-bond acceptors (Lipinski definition) is 2. The van der Waals surface area contributed by atoms with Crippen LogP contribution < -0.4 is 0 Å². The third kappa shape index (κ3) is 1.99. The van der Waals surface area contributed by atoms with Crippen molar-refractivity contribution >= 4 is 5.91 Å². The van der Waals surface area contributed by atoms with Crippen LogP contribution in [0.4, 0.5) is 0 Å². The van der Waals surface area contributed by atoms with Crippen molar-refractivity contribution in [3.63, 3.8) is 0 Å². The minimum atomic E-state index is -0.174. The van der Waals surface area contributed by atoms with Gasteiger partial charge >= 0.3 is 0 Å². The molecule has 1 saturated carbocycles. The lowest BCUT2D eigenvalue weighted by atomic mass is 10.4. The van der Waals surface area contributed by atoms with Gasteiger partial charge in [-0.3, -0.25) is 10.0 Å². The molecule has 10 heavy (non-hydrogen) atoms. The van der Waals surface area contributed by atoms with Gasteiger partial charge in [-0.15, -0.1) is 0 Å². The molecule has 3 nitrogen and oxygen atoms in total. The molecule has 0 atom stereocenters. The number of carbonyl (C=O) groups is 1. The van der Waals surface area contributed by atoms with Gasteiger partial charge in [-0.05, 0) is 18.8 Å². The molecule has 1 aliphatic rings. The van der Waals surface area contributed by atoms with E-state index in [1.54, 1.807) is 6.92 Å². The van der Waals surface area contributed by atoms with E-state index < -0.39 is 0 Å². The Kier molecular flexibility index (Phi) is 2.27. The lowest BCUT2D eigenvalue weighted by Gasteiger charge is -2.12. The summed E-state index contributed by atoms with van der Waals surface area (Å²) in [7, 11) is 0. The fraction of sp³-hybridized carbons (Fsp3) is 0.857. The molecule has 0 aromatic heterocycles. The Morgan fingerprint density at radius 2 is 2.30 bits per heavy atom. The summed E-state index contributed by atoms with van der Waals surface area (Å²) < 4.78 is 0. The molecule has 1 N–H and O–H groups in total. The first-order valence-electron chi connectivity index (χ1n) is 3.73. The van der Waals surface area contributed by atoms with Gasteiger partial charge < -0.3 is 0 Å². The summed E-state index contributed by atoms with van der Waals surface area (Å²) in [6.07, 6.45) is 2.71. The summed E-state index contributed by atoms with van der Waals surface area (Å²) in [5.41, 5.74) is 0. The second-order valence-electron chi connectivity index (χ2n) is 2.77. The molecule has 0 aromatic carbocycles. The molecular weight excluding hydrogens is 130 g/mol. The number of carbonyl (C=O) groups excluding carboxylic acids is 1. The highest BCUT2D eigenvalue weighted by Gasteiger charge is 2.25. The van der Waals surface area contributed by atoms with Crippen molar-refractivity contribution in [1.82, 2.24) is 5.06 Å². The van der Waals surface area contributed by atoms with Crippen LogP contribution in [0.1, 0.15) is 26.2 Å². The quantitative estimate of drug-likeness (QED) is 0.473. The topological polar surface area (TPSA) is 40.5 Å². The van der Waals surface area contributed by atoms with Crippen molar-refractivity contribution in [2.45, 2.75) is 26.2 Å². The molecule has 1 fully saturated rings. The number of nitrogens with zero attached hydrogens (tertiary/aromatic N) is 1. The van der Waals surface area contributed by atoms with E-state index in [0.717, 1.165) is 17.9 Å². The van der Waals surface area contributed by atoms with Crippen LogP contribution in [0.15, 0.2) is 0 Å². The molecule has 0 saturated heterocycles. The zero-order chi connectivity index (χ0) is 7.56. The van der Waals surface area contributed by atoms with E-state index in [-0.39, 0.29) is 5.91 Å². The molecule has 0 unspecified atom stereocenters. The molecule has 0 spiro atoms. The summed E-state index contributed by atoms with van der Waals surface area (Å²) in [6, 6.07) is 0. The second-order valence-corrected chi connectivity index (χ2v) is 2.77. The monoisotopic (exact) mass is 143 g/mol. The highest BCUT2D eigenvalue weighted by Crippen LogP contribution is 2.29. The predicted octanol–water partition coefficient (Wildman–Crippen LogP) is 1.02. The largest absolute Gasteiger partial charge is 0.286 e.